The molecule has 0 atom stereocenters. The number of hydrogen-bond donors (Lipinski definition) is 1. The Balaban J connectivity index is 1.19. The Hall–Kier alpha value is -3.31. The number of carbonyl (C=O) groups is 1. The monoisotopic (exact) mass is 413 g/mol. The van der Waals surface area contributed by atoms with Crippen LogP contribution >= 0.6 is 0 Å². The highest BCUT2D eigenvalue weighted by Gasteiger charge is 2.32. The summed E-state index contributed by atoms with van der Waals surface area (Å²) in [4.78, 5) is 18.1. The first-order chi connectivity index (χ1) is 15.3. The van der Waals surface area contributed by atoms with E-state index in [1.165, 1.54) is 5.69 Å². The molecule has 1 amide bonds. The number of rotatable bonds is 5. The van der Waals surface area contributed by atoms with Crippen LogP contribution in [-0.4, -0.2) is 50.1 Å². The fourth-order valence-corrected chi connectivity index (χ4v) is 4.50. The molecular weight excluding hydrogens is 386 g/mol. The summed E-state index contributed by atoms with van der Waals surface area (Å²) in [5.41, 5.74) is 3.14. The van der Waals surface area contributed by atoms with Gasteiger partial charge in [0.2, 0.25) is 5.91 Å². The summed E-state index contributed by atoms with van der Waals surface area (Å²) >= 11 is 0. The van der Waals surface area contributed by atoms with Crippen molar-refractivity contribution in [3.63, 3.8) is 0 Å². The van der Waals surface area contributed by atoms with Gasteiger partial charge in [0.25, 0.3) is 0 Å². The van der Waals surface area contributed by atoms with E-state index in [9.17, 15) is 4.79 Å². The van der Waals surface area contributed by atoms with Gasteiger partial charge < -0.3 is 15.0 Å². The van der Waals surface area contributed by atoms with E-state index in [0.717, 1.165) is 55.3 Å². The number of carbonyl (C=O) groups excluding carboxylic acids is 1. The Kier molecular flexibility index (Phi) is 5.59. The number of amides is 1. The van der Waals surface area contributed by atoms with E-state index in [4.69, 9.17) is 4.74 Å². The molecule has 2 heterocycles. The van der Waals surface area contributed by atoms with Crippen molar-refractivity contribution < 1.29 is 9.53 Å². The summed E-state index contributed by atoms with van der Waals surface area (Å²) in [5, 5.41) is 3.17. The molecule has 1 fully saturated rings. The molecule has 0 spiro atoms. The number of hydrogen-bond acceptors (Lipinski definition) is 4. The van der Waals surface area contributed by atoms with Crippen LogP contribution in [0.25, 0.3) is 0 Å². The van der Waals surface area contributed by atoms with Gasteiger partial charge in [-0.1, -0.05) is 54.6 Å². The molecule has 3 aromatic rings. The van der Waals surface area contributed by atoms with Crippen molar-refractivity contribution in [3.8, 4) is 11.5 Å². The molecule has 0 unspecified atom stereocenters. The van der Waals surface area contributed by atoms with E-state index in [-0.39, 0.29) is 11.8 Å². The first-order valence-corrected chi connectivity index (χ1v) is 11.0. The molecule has 1 saturated heterocycles. The predicted octanol–water partition coefficient (Wildman–Crippen LogP) is 3.86. The van der Waals surface area contributed by atoms with Crippen LogP contribution in [0.1, 0.15) is 17.0 Å². The first-order valence-electron chi connectivity index (χ1n) is 11.0. The Labute approximate surface area is 183 Å². The van der Waals surface area contributed by atoms with E-state index in [1.807, 2.05) is 48.5 Å². The standard InChI is InChI=1S/C26H27N3O2/c30-26(25-21-10-4-6-12-23(21)31-24-13-7-5-11-22(24)25)27-14-15-28-16-18-29(19-17-28)20-8-2-1-3-9-20/h1-13,25H,14-19H2,(H,27,30). The van der Waals surface area contributed by atoms with Crippen molar-refractivity contribution in [2.24, 2.45) is 0 Å². The highest BCUT2D eigenvalue weighted by Crippen LogP contribution is 2.43. The number of fused-ring (bicyclic) bond motifs is 2. The Bertz CT molecular complexity index is 1000. The topological polar surface area (TPSA) is 44.8 Å². The number of ether oxygens (including phenoxy) is 1. The summed E-state index contributed by atoms with van der Waals surface area (Å²) < 4.78 is 6.01. The van der Waals surface area contributed by atoms with Gasteiger partial charge in [-0.3, -0.25) is 9.69 Å². The van der Waals surface area contributed by atoms with Gasteiger partial charge in [-0.15, -0.1) is 0 Å². The second kappa shape index (κ2) is 8.82. The SMILES string of the molecule is O=C(NCCN1CCN(c2ccccc2)CC1)C1c2ccccc2Oc2ccccc21. The molecule has 0 saturated carbocycles. The Morgan fingerprint density at radius 1 is 0.806 bits per heavy atom. The average Bonchev–Trinajstić information content (AvgIpc) is 2.83. The van der Waals surface area contributed by atoms with Gasteiger partial charge in [-0.25, -0.2) is 0 Å². The third kappa shape index (κ3) is 4.14. The second-order valence-electron chi connectivity index (χ2n) is 8.07. The van der Waals surface area contributed by atoms with Crippen LogP contribution < -0.4 is 15.0 Å². The summed E-state index contributed by atoms with van der Waals surface area (Å²) in [6.07, 6.45) is 0. The minimum absolute atomic E-state index is 0.0334. The van der Waals surface area contributed by atoms with Crippen LogP contribution in [0.2, 0.25) is 0 Å². The maximum Gasteiger partial charge on any atom is 0.232 e. The molecule has 2 aliphatic rings. The van der Waals surface area contributed by atoms with Gasteiger partial charge in [-0.2, -0.15) is 0 Å². The van der Waals surface area contributed by atoms with Gasteiger partial charge in [0.05, 0.1) is 5.92 Å². The minimum Gasteiger partial charge on any atom is -0.457 e. The van der Waals surface area contributed by atoms with Crippen molar-refractivity contribution in [2.45, 2.75) is 5.92 Å². The summed E-state index contributed by atoms with van der Waals surface area (Å²) in [6, 6.07) is 26.2. The number of nitrogens with zero attached hydrogens (tertiary/aromatic N) is 2. The van der Waals surface area contributed by atoms with Gasteiger partial charge in [-0.05, 0) is 24.3 Å². The van der Waals surface area contributed by atoms with Gasteiger partial charge in [0.1, 0.15) is 11.5 Å². The lowest BCUT2D eigenvalue weighted by molar-refractivity contribution is -0.121. The van der Waals surface area contributed by atoms with Gasteiger partial charge in [0, 0.05) is 56.1 Å². The zero-order valence-electron chi connectivity index (χ0n) is 17.5. The Morgan fingerprint density at radius 3 is 2.03 bits per heavy atom. The molecule has 31 heavy (non-hydrogen) atoms. The number of anilines is 1. The maximum atomic E-state index is 13.2. The van der Waals surface area contributed by atoms with E-state index in [0.29, 0.717) is 6.54 Å². The zero-order valence-corrected chi connectivity index (χ0v) is 17.5. The van der Waals surface area contributed by atoms with Crippen molar-refractivity contribution in [1.82, 2.24) is 10.2 Å². The van der Waals surface area contributed by atoms with Crippen LogP contribution in [0.5, 0.6) is 11.5 Å². The van der Waals surface area contributed by atoms with E-state index >= 15 is 0 Å². The molecule has 5 rings (SSSR count). The zero-order chi connectivity index (χ0) is 21.0. The molecule has 0 aliphatic carbocycles. The van der Waals surface area contributed by atoms with Crippen LogP contribution in [0.4, 0.5) is 5.69 Å². The summed E-state index contributed by atoms with van der Waals surface area (Å²) in [5.74, 6) is 1.22. The number of benzene rings is 3. The Morgan fingerprint density at radius 2 is 1.39 bits per heavy atom. The van der Waals surface area contributed by atoms with Gasteiger partial charge >= 0.3 is 0 Å². The van der Waals surface area contributed by atoms with Crippen molar-refractivity contribution in [1.29, 1.82) is 0 Å². The van der Waals surface area contributed by atoms with Crippen LogP contribution in [0.3, 0.4) is 0 Å². The fourth-order valence-electron chi connectivity index (χ4n) is 4.50. The van der Waals surface area contributed by atoms with E-state index in [1.54, 1.807) is 0 Å². The van der Waals surface area contributed by atoms with Crippen LogP contribution in [0.15, 0.2) is 78.9 Å². The molecule has 5 nitrogen and oxygen atoms in total. The third-order valence-corrected chi connectivity index (χ3v) is 6.16. The molecule has 0 aromatic heterocycles. The molecule has 3 aromatic carbocycles. The van der Waals surface area contributed by atoms with Crippen molar-refractivity contribution >= 4 is 11.6 Å². The molecule has 158 valence electrons. The third-order valence-electron chi connectivity index (χ3n) is 6.16. The molecule has 2 aliphatic heterocycles. The molecule has 0 bridgehead atoms. The maximum absolute atomic E-state index is 13.2. The highest BCUT2D eigenvalue weighted by molar-refractivity contribution is 5.89. The molecular formula is C26H27N3O2. The normalized spacial score (nSPS) is 16.2. The quantitative estimate of drug-likeness (QED) is 0.690. The van der Waals surface area contributed by atoms with E-state index in [2.05, 4.69) is 45.4 Å². The molecule has 0 radical (unpaired) electrons. The molecule has 5 heteroatoms. The molecule has 1 N–H and O–H groups in total. The van der Waals surface area contributed by atoms with Crippen molar-refractivity contribution in [3.05, 3.63) is 90.0 Å². The van der Waals surface area contributed by atoms with Crippen LogP contribution in [0, 0.1) is 0 Å². The summed E-state index contributed by atoms with van der Waals surface area (Å²) in [6.45, 7) is 5.55. The number of para-hydroxylation sites is 3. The lowest BCUT2D eigenvalue weighted by Gasteiger charge is -2.36. The second-order valence-corrected chi connectivity index (χ2v) is 8.07. The van der Waals surface area contributed by atoms with Crippen LogP contribution in [-0.2, 0) is 4.79 Å². The lowest BCUT2D eigenvalue weighted by Crippen LogP contribution is -2.48. The summed E-state index contributed by atoms with van der Waals surface area (Å²) in [7, 11) is 0. The number of piperazine rings is 1. The minimum atomic E-state index is -0.337. The average molecular weight is 414 g/mol. The first kappa shape index (κ1) is 19.6. The predicted molar refractivity (Wildman–Crippen MR) is 123 cm³/mol. The van der Waals surface area contributed by atoms with Gasteiger partial charge in [0.15, 0.2) is 0 Å². The van der Waals surface area contributed by atoms with Crippen molar-refractivity contribution in [2.75, 3.05) is 44.2 Å². The smallest absolute Gasteiger partial charge is 0.232 e. The largest absolute Gasteiger partial charge is 0.457 e. The fraction of sp³-hybridized carbons (Fsp3) is 0.269. The number of nitrogens with one attached hydrogen (secondary N) is 1. The lowest BCUT2D eigenvalue weighted by atomic mass is 9.87. The van der Waals surface area contributed by atoms with E-state index < -0.39 is 0 Å². The highest BCUT2D eigenvalue weighted by atomic mass is 16.5.